The van der Waals surface area contributed by atoms with Crippen LogP contribution in [-0.2, 0) is 10.1 Å². The Morgan fingerprint density at radius 3 is 2.08 bits per heavy atom. The van der Waals surface area contributed by atoms with Crippen LogP contribution in [0.5, 0.6) is 0 Å². The van der Waals surface area contributed by atoms with E-state index in [1.807, 2.05) is 0 Å². The normalized spacial score (nSPS) is 11.6. The standard InChI is InChI=1S/C22H15N5O8S/c28-21-20(24-23-15-5-11-18(12-6-15)36(33,34)35)19(13-1-9-17(10-2-13)27(31)32)25-26(21)16-7-3-14(4-8-16)22(29)30/h1-12,25H,(H,29,30)(H,33,34,35). The number of carboxylic acid groups (broad SMARTS) is 1. The van der Waals surface area contributed by atoms with E-state index < -0.39 is 26.6 Å². The van der Waals surface area contributed by atoms with Gasteiger partial charge in [-0.05, 0) is 60.7 Å². The number of hydrogen-bond donors (Lipinski definition) is 3. The summed E-state index contributed by atoms with van der Waals surface area (Å²) in [6, 6.07) is 15.6. The molecule has 0 saturated carbocycles. The van der Waals surface area contributed by atoms with Gasteiger partial charge < -0.3 is 5.11 Å². The molecule has 0 fully saturated rings. The molecule has 0 amide bonds. The lowest BCUT2D eigenvalue weighted by molar-refractivity contribution is -0.384. The summed E-state index contributed by atoms with van der Waals surface area (Å²) in [6.45, 7) is 0. The zero-order chi connectivity index (χ0) is 26.0. The van der Waals surface area contributed by atoms with E-state index in [-0.39, 0.29) is 33.2 Å². The van der Waals surface area contributed by atoms with E-state index in [2.05, 4.69) is 15.3 Å². The molecule has 0 spiro atoms. The molecule has 0 aliphatic heterocycles. The SMILES string of the molecule is O=C(O)c1ccc(-n2[nH]c(-c3ccc([N+](=O)[O-])cc3)c(N=Nc3ccc(S(=O)(=O)O)cc3)c2=O)cc1. The minimum absolute atomic E-state index is 0.0159. The number of benzene rings is 3. The molecule has 1 aromatic heterocycles. The maximum Gasteiger partial charge on any atom is 0.335 e. The van der Waals surface area contributed by atoms with Gasteiger partial charge in [-0.3, -0.25) is 24.6 Å². The summed E-state index contributed by atoms with van der Waals surface area (Å²) in [5.41, 5.74) is 0.0794. The molecule has 1 heterocycles. The fourth-order valence-corrected chi connectivity index (χ4v) is 3.68. The first kappa shape index (κ1) is 24.2. The van der Waals surface area contributed by atoms with Crippen molar-refractivity contribution in [2.45, 2.75) is 4.90 Å². The van der Waals surface area contributed by atoms with Crippen LogP contribution in [0.3, 0.4) is 0 Å². The van der Waals surface area contributed by atoms with Gasteiger partial charge in [-0.2, -0.15) is 13.5 Å². The Kier molecular flexibility index (Phi) is 6.29. The molecule has 0 radical (unpaired) electrons. The summed E-state index contributed by atoms with van der Waals surface area (Å²) >= 11 is 0. The Morgan fingerprint density at radius 2 is 1.56 bits per heavy atom. The van der Waals surface area contributed by atoms with Gasteiger partial charge in [-0.15, -0.1) is 5.11 Å². The second kappa shape index (κ2) is 9.36. The van der Waals surface area contributed by atoms with Crippen LogP contribution in [0.1, 0.15) is 10.4 Å². The van der Waals surface area contributed by atoms with Crippen LogP contribution in [0, 0.1) is 10.1 Å². The van der Waals surface area contributed by atoms with Crippen molar-refractivity contribution < 1.29 is 27.8 Å². The zero-order valence-electron chi connectivity index (χ0n) is 18.0. The number of aromatic amines is 1. The summed E-state index contributed by atoms with van der Waals surface area (Å²) in [6.07, 6.45) is 0. The third kappa shape index (κ3) is 4.94. The van der Waals surface area contributed by atoms with Gasteiger partial charge in [0.15, 0.2) is 5.69 Å². The van der Waals surface area contributed by atoms with Gasteiger partial charge in [0.25, 0.3) is 21.4 Å². The van der Waals surface area contributed by atoms with Crippen LogP contribution >= 0.6 is 0 Å². The van der Waals surface area contributed by atoms with Crippen molar-refractivity contribution in [2.24, 2.45) is 10.2 Å². The van der Waals surface area contributed by atoms with Crippen molar-refractivity contribution >= 4 is 33.1 Å². The molecule has 36 heavy (non-hydrogen) atoms. The molecule has 3 N–H and O–H groups in total. The molecular weight excluding hydrogens is 494 g/mol. The molecule has 13 nitrogen and oxygen atoms in total. The van der Waals surface area contributed by atoms with Gasteiger partial charge in [0.05, 0.1) is 32.5 Å². The number of carbonyl (C=O) groups is 1. The molecule has 4 aromatic rings. The number of aromatic carboxylic acids is 1. The summed E-state index contributed by atoms with van der Waals surface area (Å²) < 4.78 is 32.6. The van der Waals surface area contributed by atoms with Crippen LogP contribution in [0.15, 0.2) is 92.7 Å². The van der Waals surface area contributed by atoms with E-state index in [1.165, 1.54) is 60.7 Å². The molecule has 14 heteroatoms. The number of nitro benzene ring substituents is 1. The van der Waals surface area contributed by atoms with Crippen molar-refractivity contribution in [3.63, 3.8) is 0 Å². The number of H-pyrrole nitrogens is 1. The predicted octanol–water partition coefficient (Wildman–Crippen LogP) is 4.10. The number of nitrogens with one attached hydrogen (secondary N) is 1. The summed E-state index contributed by atoms with van der Waals surface area (Å²) in [5, 5.41) is 30.9. The Labute approximate surface area is 201 Å². The Bertz CT molecular complexity index is 1650. The van der Waals surface area contributed by atoms with E-state index in [1.54, 1.807) is 0 Å². The molecule has 0 aliphatic rings. The third-order valence-electron chi connectivity index (χ3n) is 5.01. The number of carboxylic acids is 1. The molecule has 0 bridgehead atoms. The second-order valence-electron chi connectivity index (χ2n) is 7.30. The van der Waals surface area contributed by atoms with Crippen LogP contribution in [0.25, 0.3) is 16.9 Å². The molecule has 0 unspecified atom stereocenters. The highest BCUT2D eigenvalue weighted by molar-refractivity contribution is 7.85. The number of azo groups is 1. The van der Waals surface area contributed by atoms with Crippen LogP contribution < -0.4 is 5.56 Å². The summed E-state index contributed by atoms with van der Waals surface area (Å²) in [7, 11) is -4.40. The average molecular weight is 509 g/mol. The zero-order valence-corrected chi connectivity index (χ0v) is 18.8. The topological polar surface area (TPSA) is 197 Å². The fourth-order valence-electron chi connectivity index (χ4n) is 3.20. The van der Waals surface area contributed by atoms with Crippen molar-refractivity contribution in [2.75, 3.05) is 0 Å². The number of nitro groups is 1. The second-order valence-corrected chi connectivity index (χ2v) is 8.72. The monoisotopic (exact) mass is 509 g/mol. The molecule has 182 valence electrons. The van der Waals surface area contributed by atoms with Crippen LogP contribution in [-0.4, -0.2) is 38.8 Å². The third-order valence-corrected chi connectivity index (χ3v) is 5.87. The maximum atomic E-state index is 13.2. The highest BCUT2D eigenvalue weighted by atomic mass is 32.2. The highest BCUT2D eigenvalue weighted by Crippen LogP contribution is 2.30. The minimum atomic E-state index is -4.40. The minimum Gasteiger partial charge on any atom is -0.478 e. The fraction of sp³-hybridized carbons (Fsp3) is 0. The molecular formula is C22H15N5O8S. The average Bonchev–Trinajstić information content (AvgIpc) is 3.18. The van der Waals surface area contributed by atoms with Crippen LogP contribution in [0.4, 0.5) is 17.1 Å². The lowest BCUT2D eigenvalue weighted by Crippen LogP contribution is -2.14. The van der Waals surface area contributed by atoms with Crippen LogP contribution in [0.2, 0.25) is 0 Å². The smallest absolute Gasteiger partial charge is 0.335 e. The first-order valence-electron chi connectivity index (χ1n) is 9.97. The Balaban J connectivity index is 1.81. The van der Waals surface area contributed by atoms with E-state index in [9.17, 15) is 28.1 Å². The van der Waals surface area contributed by atoms with Gasteiger partial charge in [-0.1, -0.05) is 0 Å². The van der Waals surface area contributed by atoms with Crippen molar-refractivity contribution in [3.8, 4) is 16.9 Å². The van der Waals surface area contributed by atoms with E-state index in [0.29, 0.717) is 11.3 Å². The Morgan fingerprint density at radius 1 is 0.944 bits per heavy atom. The van der Waals surface area contributed by atoms with Gasteiger partial charge >= 0.3 is 5.97 Å². The number of rotatable bonds is 7. The number of nitrogens with zero attached hydrogens (tertiary/aromatic N) is 4. The van der Waals surface area contributed by atoms with E-state index >= 15 is 0 Å². The van der Waals surface area contributed by atoms with Gasteiger partial charge in [0.1, 0.15) is 0 Å². The number of non-ortho nitro benzene ring substituents is 1. The first-order valence-corrected chi connectivity index (χ1v) is 11.4. The summed E-state index contributed by atoms with van der Waals surface area (Å²) in [4.78, 5) is 34.4. The van der Waals surface area contributed by atoms with Gasteiger partial charge in [0.2, 0.25) is 0 Å². The lowest BCUT2D eigenvalue weighted by Gasteiger charge is -2.03. The van der Waals surface area contributed by atoms with Crippen molar-refractivity contribution in [1.82, 2.24) is 9.78 Å². The Hall–Kier alpha value is -4.95. The largest absolute Gasteiger partial charge is 0.478 e. The quantitative estimate of drug-likeness (QED) is 0.143. The molecule has 0 atom stereocenters. The van der Waals surface area contributed by atoms with E-state index in [0.717, 1.165) is 16.8 Å². The number of hydrogen-bond acceptors (Lipinski definition) is 8. The summed E-state index contributed by atoms with van der Waals surface area (Å²) in [5.74, 6) is -1.14. The van der Waals surface area contributed by atoms with Gasteiger partial charge in [-0.25, -0.2) is 9.48 Å². The number of aromatic nitrogens is 2. The molecule has 0 saturated heterocycles. The maximum absolute atomic E-state index is 13.2. The van der Waals surface area contributed by atoms with E-state index in [4.69, 9.17) is 9.66 Å². The molecule has 0 aliphatic carbocycles. The van der Waals surface area contributed by atoms with Gasteiger partial charge in [0, 0.05) is 17.7 Å². The first-order chi connectivity index (χ1) is 17.0. The molecule has 3 aromatic carbocycles. The van der Waals surface area contributed by atoms with Crippen molar-refractivity contribution in [3.05, 3.63) is 98.8 Å². The molecule has 4 rings (SSSR count). The predicted molar refractivity (Wildman–Crippen MR) is 126 cm³/mol. The lowest BCUT2D eigenvalue weighted by atomic mass is 10.1. The van der Waals surface area contributed by atoms with Crippen molar-refractivity contribution in [1.29, 1.82) is 0 Å². The highest BCUT2D eigenvalue weighted by Gasteiger charge is 2.18.